The molecule has 3 N–H and O–H groups in total. The highest BCUT2D eigenvalue weighted by Gasteiger charge is 2.22. The Labute approximate surface area is 133 Å². The Morgan fingerprint density at radius 1 is 1.48 bits per heavy atom. The van der Waals surface area contributed by atoms with Gasteiger partial charge in [-0.05, 0) is 31.5 Å². The van der Waals surface area contributed by atoms with Gasteiger partial charge in [0, 0.05) is 17.6 Å². The topological polar surface area (TPSA) is 85.1 Å². The van der Waals surface area contributed by atoms with Gasteiger partial charge in [-0.3, -0.25) is 0 Å². The van der Waals surface area contributed by atoms with Gasteiger partial charge >= 0.3 is 0 Å². The minimum atomic E-state index is -3.73. The number of sulfonamides is 1. The van der Waals surface area contributed by atoms with Crippen molar-refractivity contribution in [2.75, 3.05) is 0 Å². The second-order valence-electron chi connectivity index (χ2n) is 4.64. The molecular formula is C13H16ClN3O2S2. The Hall–Kier alpha value is -0.990. The maximum absolute atomic E-state index is 12.5. The summed E-state index contributed by atoms with van der Waals surface area (Å²) in [5, 5.41) is 2.76. The van der Waals surface area contributed by atoms with Crippen LogP contribution in [0.25, 0.3) is 0 Å². The van der Waals surface area contributed by atoms with Crippen molar-refractivity contribution < 1.29 is 8.42 Å². The molecule has 0 bridgehead atoms. The summed E-state index contributed by atoms with van der Waals surface area (Å²) in [4.78, 5) is 4.32. The molecule has 8 heteroatoms. The molecule has 21 heavy (non-hydrogen) atoms. The maximum Gasteiger partial charge on any atom is 0.242 e. The first-order valence-electron chi connectivity index (χ1n) is 6.26. The van der Waals surface area contributed by atoms with E-state index in [1.54, 1.807) is 13.0 Å². The summed E-state index contributed by atoms with van der Waals surface area (Å²) in [6.45, 7) is 3.86. The smallest absolute Gasteiger partial charge is 0.242 e. The highest BCUT2D eigenvalue weighted by atomic mass is 35.5. The molecule has 0 saturated heterocycles. The van der Waals surface area contributed by atoms with Crippen LogP contribution in [0.5, 0.6) is 0 Å². The van der Waals surface area contributed by atoms with Crippen molar-refractivity contribution in [2.24, 2.45) is 5.73 Å². The Balaban J connectivity index is 2.30. The molecule has 1 unspecified atom stereocenters. The van der Waals surface area contributed by atoms with Crippen molar-refractivity contribution in [3.8, 4) is 0 Å². The van der Waals surface area contributed by atoms with Crippen LogP contribution in [0.3, 0.4) is 0 Å². The number of aromatic nitrogens is 1. The molecule has 0 aliphatic rings. The molecule has 0 saturated carbocycles. The SMILES string of the molecule is Cc1csc(C(C)NS(=O)(=O)c2cc(CN)ccc2Cl)n1. The summed E-state index contributed by atoms with van der Waals surface area (Å²) in [6, 6.07) is 4.31. The van der Waals surface area contributed by atoms with E-state index in [4.69, 9.17) is 17.3 Å². The van der Waals surface area contributed by atoms with Gasteiger partial charge in [0.15, 0.2) is 0 Å². The van der Waals surface area contributed by atoms with E-state index in [1.165, 1.54) is 23.5 Å². The summed E-state index contributed by atoms with van der Waals surface area (Å²) in [5.74, 6) is 0. The van der Waals surface area contributed by atoms with Crippen LogP contribution in [-0.2, 0) is 16.6 Å². The molecule has 1 aromatic heterocycles. The lowest BCUT2D eigenvalue weighted by Crippen LogP contribution is -2.27. The maximum atomic E-state index is 12.5. The van der Waals surface area contributed by atoms with Crippen LogP contribution in [0.2, 0.25) is 5.02 Å². The number of aryl methyl sites for hydroxylation is 1. The van der Waals surface area contributed by atoms with Gasteiger partial charge in [-0.15, -0.1) is 11.3 Å². The van der Waals surface area contributed by atoms with Gasteiger partial charge in [0.2, 0.25) is 10.0 Å². The van der Waals surface area contributed by atoms with E-state index in [-0.39, 0.29) is 16.5 Å². The van der Waals surface area contributed by atoms with E-state index in [2.05, 4.69) is 9.71 Å². The average molecular weight is 346 g/mol. The van der Waals surface area contributed by atoms with Gasteiger partial charge < -0.3 is 5.73 Å². The molecule has 0 radical (unpaired) electrons. The molecule has 0 aliphatic carbocycles. The fourth-order valence-corrected chi connectivity index (χ4v) is 4.43. The van der Waals surface area contributed by atoms with Crippen molar-refractivity contribution in [3.63, 3.8) is 0 Å². The lowest BCUT2D eigenvalue weighted by atomic mass is 10.2. The third-order valence-electron chi connectivity index (χ3n) is 2.86. The molecule has 0 aliphatic heterocycles. The van der Waals surface area contributed by atoms with Crippen molar-refractivity contribution in [3.05, 3.63) is 44.9 Å². The van der Waals surface area contributed by atoms with E-state index >= 15 is 0 Å². The van der Waals surface area contributed by atoms with Crippen molar-refractivity contribution in [2.45, 2.75) is 31.3 Å². The third-order valence-corrected chi connectivity index (χ3v) is 6.03. The minimum absolute atomic E-state index is 0.0345. The van der Waals surface area contributed by atoms with Crippen molar-refractivity contribution in [1.29, 1.82) is 0 Å². The van der Waals surface area contributed by atoms with E-state index in [0.29, 0.717) is 10.6 Å². The normalized spacial score (nSPS) is 13.3. The molecule has 0 spiro atoms. The number of hydrogen-bond acceptors (Lipinski definition) is 5. The Bertz CT molecular complexity index is 744. The first-order chi connectivity index (χ1) is 9.83. The van der Waals surface area contributed by atoms with E-state index < -0.39 is 16.1 Å². The predicted molar refractivity (Wildman–Crippen MR) is 84.9 cm³/mol. The molecule has 1 aromatic carbocycles. The summed E-state index contributed by atoms with van der Waals surface area (Å²) in [5.41, 5.74) is 7.11. The molecule has 2 rings (SSSR count). The van der Waals surface area contributed by atoms with Crippen LogP contribution < -0.4 is 10.5 Å². The minimum Gasteiger partial charge on any atom is -0.326 e. The second-order valence-corrected chi connectivity index (χ2v) is 7.62. The summed E-state index contributed by atoms with van der Waals surface area (Å²) < 4.78 is 27.5. The van der Waals surface area contributed by atoms with E-state index in [9.17, 15) is 8.42 Å². The number of halogens is 1. The summed E-state index contributed by atoms with van der Waals surface area (Å²) >= 11 is 7.41. The number of thiazole rings is 1. The van der Waals surface area contributed by atoms with Gasteiger partial charge in [0.05, 0.1) is 11.1 Å². The average Bonchev–Trinajstić information content (AvgIpc) is 2.85. The molecule has 0 amide bonds. The van der Waals surface area contributed by atoms with Crippen LogP contribution in [0.15, 0.2) is 28.5 Å². The van der Waals surface area contributed by atoms with Crippen LogP contribution in [-0.4, -0.2) is 13.4 Å². The highest BCUT2D eigenvalue weighted by Crippen LogP contribution is 2.25. The highest BCUT2D eigenvalue weighted by molar-refractivity contribution is 7.89. The molecular weight excluding hydrogens is 330 g/mol. The van der Waals surface area contributed by atoms with Gasteiger partial charge in [0.25, 0.3) is 0 Å². The first-order valence-corrected chi connectivity index (χ1v) is 9.00. The molecule has 1 heterocycles. The Kier molecular flexibility index (Phi) is 5.00. The largest absolute Gasteiger partial charge is 0.326 e. The standard InChI is InChI=1S/C13H16ClN3O2S2/c1-8-7-20-13(16-8)9(2)17-21(18,19)12-5-10(6-15)3-4-11(12)14/h3-5,7,9,17H,6,15H2,1-2H3. The molecule has 2 aromatic rings. The predicted octanol–water partition coefficient (Wildman–Crippen LogP) is 2.60. The van der Waals surface area contributed by atoms with Crippen LogP contribution in [0, 0.1) is 6.92 Å². The lowest BCUT2D eigenvalue weighted by molar-refractivity contribution is 0.566. The van der Waals surface area contributed by atoms with Gasteiger partial charge in [-0.25, -0.2) is 18.1 Å². The fourth-order valence-electron chi connectivity index (χ4n) is 1.80. The number of benzene rings is 1. The zero-order valence-corrected chi connectivity index (χ0v) is 14.0. The molecule has 114 valence electrons. The zero-order chi connectivity index (χ0) is 15.6. The number of rotatable bonds is 5. The van der Waals surface area contributed by atoms with Crippen molar-refractivity contribution >= 4 is 33.0 Å². The molecule has 0 fully saturated rings. The van der Waals surface area contributed by atoms with Crippen LogP contribution in [0.1, 0.15) is 29.2 Å². The Morgan fingerprint density at radius 2 is 2.19 bits per heavy atom. The molecule has 1 atom stereocenters. The monoisotopic (exact) mass is 345 g/mol. The van der Waals surface area contributed by atoms with E-state index in [0.717, 1.165) is 5.69 Å². The second kappa shape index (κ2) is 6.41. The zero-order valence-electron chi connectivity index (χ0n) is 11.6. The van der Waals surface area contributed by atoms with Crippen LogP contribution >= 0.6 is 22.9 Å². The quantitative estimate of drug-likeness (QED) is 0.872. The van der Waals surface area contributed by atoms with Crippen LogP contribution in [0.4, 0.5) is 0 Å². The fraction of sp³-hybridized carbons (Fsp3) is 0.308. The van der Waals surface area contributed by atoms with E-state index in [1.807, 2.05) is 12.3 Å². The summed E-state index contributed by atoms with van der Waals surface area (Å²) in [7, 11) is -3.73. The molecule has 5 nitrogen and oxygen atoms in total. The van der Waals surface area contributed by atoms with Crippen molar-refractivity contribution in [1.82, 2.24) is 9.71 Å². The van der Waals surface area contributed by atoms with Gasteiger partial charge in [0.1, 0.15) is 9.90 Å². The first kappa shape index (κ1) is 16.4. The van der Waals surface area contributed by atoms with Gasteiger partial charge in [-0.2, -0.15) is 0 Å². The lowest BCUT2D eigenvalue weighted by Gasteiger charge is -2.13. The third kappa shape index (κ3) is 3.81. The number of hydrogen-bond donors (Lipinski definition) is 2. The number of nitrogens with two attached hydrogens (primary N) is 1. The summed E-state index contributed by atoms with van der Waals surface area (Å²) in [6.07, 6.45) is 0. The number of nitrogens with zero attached hydrogens (tertiary/aromatic N) is 1. The Morgan fingerprint density at radius 3 is 2.76 bits per heavy atom. The number of nitrogens with one attached hydrogen (secondary N) is 1. The van der Waals surface area contributed by atoms with Gasteiger partial charge in [-0.1, -0.05) is 17.7 Å².